The van der Waals surface area contributed by atoms with Crippen LogP contribution in [0.1, 0.15) is 30.1 Å². The van der Waals surface area contributed by atoms with E-state index in [2.05, 4.69) is 4.98 Å². The lowest BCUT2D eigenvalue weighted by Gasteiger charge is -2.22. The van der Waals surface area contributed by atoms with Gasteiger partial charge < -0.3 is 4.90 Å². The molecule has 0 aliphatic heterocycles. The van der Waals surface area contributed by atoms with Gasteiger partial charge in [-0.3, -0.25) is 9.69 Å². The summed E-state index contributed by atoms with van der Waals surface area (Å²) in [7, 11) is 1.73. The molecule has 0 bridgehead atoms. The monoisotopic (exact) mass is 492 g/mol. The van der Waals surface area contributed by atoms with Gasteiger partial charge in [0, 0.05) is 32.2 Å². The van der Waals surface area contributed by atoms with Gasteiger partial charge in [-0.05, 0) is 56.9 Å². The minimum Gasteiger partial charge on any atom is -0.308 e. The summed E-state index contributed by atoms with van der Waals surface area (Å²) < 4.78 is 41.7. The van der Waals surface area contributed by atoms with E-state index < -0.39 is 15.8 Å². The van der Waals surface area contributed by atoms with Crippen LogP contribution in [-0.2, 0) is 10.0 Å². The number of amides is 1. The number of fused-ring (bicyclic) bond motifs is 1. The number of carbonyl (C=O) groups excluding carboxylic acids is 1. The summed E-state index contributed by atoms with van der Waals surface area (Å²) in [6.07, 6.45) is 1.67. The second-order valence-electron chi connectivity index (χ2n) is 8.05. The highest BCUT2D eigenvalue weighted by molar-refractivity contribution is 7.89. The molecule has 2 aromatic carbocycles. The van der Waals surface area contributed by atoms with Crippen molar-refractivity contribution in [3.8, 4) is 0 Å². The maximum absolute atomic E-state index is 14.2. The Morgan fingerprint density at radius 2 is 1.73 bits per heavy atom. The molecule has 1 amide bonds. The molecular formula is C23H29FN4O3S2. The minimum atomic E-state index is -3.62. The van der Waals surface area contributed by atoms with Crippen LogP contribution in [0.3, 0.4) is 0 Å². The van der Waals surface area contributed by atoms with Crippen molar-refractivity contribution in [2.24, 2.45) is 0 Å². The number of benzene rings is 2. The van der Waals surface area contributed by atoms with Crippen molar-refractivity contribution in [3.63, 3.8) is 0 Å². The van der Waals surface area contributed by atoms with Gasteiger partial charge in [0.1, 0.15) is 11.3 Å². The smallest absolute Gasteiger partial charge is 0.260 e. The predicted molar refractivity (Wildman–Crippen MR) is 131 cm³/mol. The van der Waals surface area contributed by atoms with Crippen LogP contribution in [0.25, 0.3) is 10.2 Å². The van der Waals surface area contributed by atoms with Gasteiger partial charge in [-0.2, -0.15) is 0 Å². The number of sulfonamides is 1. The maximum Gasteiger partial charge on any atom is 0.260 e. The number of thiazole rings is 1. The number of aromatic nitrogens is 1. The van der Waals surface area contributed by atoms with Gasteiger partial charge in [0.2, 0.25) is 10.0 Å². The number of carbonyl (C=O) groups is 1. The number of nitrogens with zero attached hydrogens (tertiary/aromatic N) is 4. The van der Waals surface area contributed by atoms with Crippen molar-refractivity contribution in [1.82, 2.24) is 14.2 Å². The molecule has 0 aliphatic rings. The Bertz CT molecular complexity index is 1210. The molecule has 0 aliphatic carbocycles. The highest BCUT2D eigenvalue weighted by Crippen LogP contribution is 2.31. The molecule has 33 heavy (non-hydrogen) atoms. The molecule has 3 rings (SSSR count). The van der Waals surface area contributed by atoms with Gasteiger partial charge in [-0.25, -0.2) is 22.1 Å². The van der Waals surface area contributed by atoms with Crippen LogP contribution < -0.4 is 4.90 Å². The number of anilines is 1. The fourth-order valence-electron chi connectivity index (χ4n) is 3.21. The zero-order valence-corrected chi connectivity index (χ0v) is 20.9. The molecule has 0 unspecified atom stereocenters. The van der Waals surface area contributed by atoms with Gasteiger partial charge >= 0.3 is 0 Å². The first kappa shape index (κ1) is 25.2. The van der Waals surface area contributed by atoms with Crippen molar-refractivity contribution >= 4 is 42.6 Å². The van der Waals surface area contributed by atoms with Gasteiger partial charge in [0.25, 0.3) is 5.91 Å². The van der Waals surface area contributed by atoms with Crippen molar-refractivity contribution in [3.05, 3.63) is 53.8 Å². The van der Waals surface area contributed by atoms with Crippen LogP contribution in [0.4, 0.5) is 9.52 Å². The highest BCUT2D eigenvalue weighted by atomic mass is 32.2. The van der Waals surface area contributed by atoms with E-state index in [1.165, 1.54) is 50.9 Å². The first-order chi connectivity index (χ1) is 15.6. The minimum absolute atomic E-state index is 0.138. The van der Waals surface area contributed by atoms with Gasteiger partial charge in [0.15, 0.2) is 5.13 Å². The summed E-state index contributed by atoms with van der Waals surface area (Å²) in [5, 5.41) is 0.401. The SMILES string of the molecule is CCCCN(C)S(=O)(=O)c1ccc(C(=O)N(CCN(C)C)c2nc3c(F)cccc3s2)cc1. The topological polar surface area (TPSA) is 73.8 Å². The Kier molecular flexibility index (Phi) is 8.17. The lowest BCUT2D eigenvalue weighted by molar-refractivity contribution is 0.0985. The molecule has 7 nitrogen and oxygen atoms in total. The largest absolute Gasteiger partial charge is 0.308 e. The standard InChI is InChI=1S/C23H29FN4O3S2/c1-5-6-14-27(4)33(30,31)18-12-10-17(11-13-18)22(29)28(16-15-26(2)3)23-25-21-19(24)8-7-9-20(21)32-23/h7-13H,5-6,14-16H2,1-4H3. The summed E-state index contributed by atoms with van der Waals surface area (Å²) in [6, 6.07) is 10.7. The molecule has 1 aromatic heterocycles. The number of hydrogen-bond acceptors (Lipinski definition) is 6. The zero-order valence-electron chi connectivity index (χ0n) is 19.3. The van der Waals surface area contributed by atoms with E-state index >= 15 is 0 Å². The number of para-hydroxylation sites is 1. The molecule has 0 saturated heterocycles. The Morgan fingerprint density at radius 1 is 1.03 bits per heavy atom. The van der Waals surface area contributed by atoms with E-state index in [4.69, 9.17) is 0 Å². The first-order valence-electron chi connectivity index (χ1n) is 10.7. The summed E-state index contributed by atoms with van der Waals surface area (Å²) in [6.45, 7) is 3.38. The van der Waals surface area contributed by atoms with Gasteiger partial charge in [0.05, 0.1) is 9.60 Å². The third-order valence-corrected chi connectivity index (χ3v) is 8.16. The molecule has 0 N–H and O–H groups in total. The van der Waals surface area contributed by atoms with E-state index in [1.807, 2.05) is 25.9 Å². The average molecular weight is 493 g/mol. The number of rotatable bonds is 10. The number of halogens is 1. The van der Waals surface area contributed by atoms with Crippen molar-refractivity contribution < 1.29 is 17.6 Å². The molecular weight excluding hydrogens is 463 g/mol. The number of hydrogen-bond donors (Lipinski definition) is 0. The quantitative estimate of drug-likeness (QED) is 0.427. The first-order valence-corrected chi connectivity index (χ1v) is 13.0. The fraction of sp³-hybridized carbons (Fsp3) is 0.391. The predicted octanol–water partition coefficient (Wildman–Crippen LogP) is 4.06. The van der Waals surface area contributed by atoms with Crippen LogP contribution in [0.15, 0.2) is 47.4 Å². The van der Waals surface area contributed by atoms with Crippen LogP contribution in [0.2, 0.25) is 0 Å². The van der Waals surface area contributed by atoms with E-state index in [-0.39, 0.29) is 16.3 Å². The third-order valence-electron chi connectivity index (χ3n) is 5.24. The van der Waals surface area contributed by atoms with Crippen LogP contribution in [-0.4, -0.2) is 69.3 Å². The molecule has 0 atom stereocenters. The van der Waals surface area contributed by atoms with Crippen LogP contribution in [0.5, 0.6) is 0 Å². The molecule has 10 heteroatoms. The molecule has 3 aromatic rings. The van der Waals surface area contributed by atoms with Crippen LogP contribution >= 0.6 is 11.3 Å². The maximum atomic E-state index is 14.2. The highest BCUT2D eigenvalue weighted by Gasteiger charge is 2.24. The van der Waals surface area contributed by atoms with Gasteiger partial charge in [-0.15, -0.1) is 0 Å². The molecule has 0 spiro atoms. The summed E-state index contributed by atoms with van der Waals surface area (Å²) in [5.41, 5.74) is 0.570. The molecule has 178 valence electrons. The average Bonchev–Trinajstić information content (AvgIpc) is 3.22. The second kappa shape index (κ2) is 10.7. The van der Waals surface area contributed by atoms with E-state index in [9.17, 15) is 17.6 Å². The van der Waals surface area contributed by atoms with E-state index in [1.54, 1.807) is 19.2 Å². The van der Waals surface area contributed by atoms with Crippen molar-refractivity contribution in [1.29, 1.82) is 0 Å². The molecule has 0 radical (unpaired) electrons. The number of likely N-dealkylation sites (N-methyl/N-ethyl adjacent to an activating group) is 1. The van der Waals surface area contributed by atoms with Crippen molar-refractivity contribution in [2.75, 3.05) is 45.7 Å². The molecule has 1 heterocycles. The fourth-order valence-corrected chi connectivity index (χ4v) is 5.42. The number of unbranched alkanes of at least 4 members (excludes halogenated alkanes) is 1. The normalized spacial score (nSPS) is 12.1. The Morgan fingerprint density at radius 3 is 2.33 bits per heavy atom. The zero-order chi connectivity index (χ0) is 24.2. The lowest BCUT2D eigenvalue weighted by atomic mass is 10.2. The lowest BCUT2D eigenvalue weighted by Crippen LogP contribution is -2.36. The van der Waals surface area contributed by atoms with E-state index in [0.29, 0.717) is 35.0 Å². The van der Waals surface area contributed by atoms with E-state index in [0.717, 1.165) is 12.8 Å². The van der Waals surface area contributed by atoms with Crippen molar-refractivity contribution in [2.45, 2.75) is 24.7 Å². The summed E-state index contributed by atoms with van der Waals surface area (Å²) in [5.74, 6) is -0.753. The third kappa shape index (κ3) is 5.75. The summed E-state index contributed by atoms with van der Waals surface area (Å²) >= 11 is 1.25. The Hall–Kier alpha value is -2.40. The summed E-state index contributed by atoms with van der Waals surface area (Å²) in [4.78, 5) is 21.3. The second-order valence-corrected chi connectivity index (χ2v) is 11.1. The van der Waals surface area contributed by atoms with Gasteiger partial charge in [-0.1, -0.05) is 30.7 Å². The Labute approximate surface area is 198 Å². The molecule has 0 saturated carbocycles. The molecule has 0 fully saturated rings. The van der Waals surface area contributed by atoms with Crippen LogP contribution in [0, 0.1) is 5.82 Å². The Balaban J connectivity index is 1.90.